The lowest BCUT2D eigenvalue weighted by Crippen LogP contribution is -2.43. The van der Waals surface area contributed by atoms with Crippen LogP contribution < -0.4 is 0 Å². The van der Waals surface area contributed by atoms with Gasteiger partial charge in [-0.05, 0) is 47.2 Å². The zero-order valence-electron chi connectivity index (χ0n) is 23.4. The lowest BCUT2D eigenvalue weighted by atomic mass is 9.87. The van der Waals surface area contributed by atoms with E-state index in [0.717, 1.165) is 12.1 Å². The standard InChI is InChI=1S/C34H12F12N2/c35-29(36)23-15-12-18-16(11-17(15)27-19(25(23)31(39,40)33(29,43)44)9-13-5-1-3-7-21(13)47-27)24-26(32(41,42)34(45,46)30(24,37)38)20-10-14-6-2-4-8-22(14)48-28(18)20/h1-12H. The summed E-state index contributed by atoms with van der Waals surface area (Å²) >= 11 is 0. The molecule has 0 amide bonds. The zero-order chi connectivity index (χ0) is 34.1. The molecule has 0 radical (unpaired) electrons. The van der Waals surface area contributed by atoms with Crippen molar-refractivity contribution >= 4 is 65.2 Å². The molecule has 0 unspecified atom stereocenters. The van der Waals surface area contributed by atoms with Crippen LogP contribution in [0.15, 0.2) is 72.8 Å². The highest BCUT2D eigenvalue weighted by Crippen LogP contribution is 2.68. The highest BCUT2D eigenvalue weighted by atomic mass is 19.4. The summed E-state index contributed by atoms with van der Waals surface area (Å²) in [6, 6.07) is 14.1. The van der Waals surface area contributed by atoms with Crippen molar-refractivity contribution in [3.63, 3.8) is 0 Å². The normalized spacial score (nSPS) is 21.1. The van der Waals surface area contributed by atoms with Gasteiger partial charge in [0.15, 0.2) is 0 Å². The van der Waals surface area contributed by atoms with E-state index in [0.29, 0.717) is 12.1 Å². The van der Waals surface area contributed by atoms with E-state index in [4.69, 9.17) is 0 Å². The highest BCUT2D eigenvalue weighted by Gasteiger charge is 2.81. The molecule has 14 heteroatoms. The maximum Gasteiger partial charge on any atom is 0.380 e. The molecular formula is C34H12F12N2. The maximum atomic E-state index is 15.7. The summed E-state index contributed by atoms with van der Waals surface area (Å²) in [6.07, 6.45) is 0. The number of alkyl halides is 12. The average Bonchev–Trinajstić information content (AvgIpc) is 3.22. The topological polar surface area (TPSA) is 25.8 Å². The Morgan fingerprint density at radius 3 is 1.02 bits per heavy atom. The summed E-state index contributed by atoms with van der Waals surface area (Å²) in [7, 11) is 0. The van der Waals surface area contributed by atoms with E-state index >= 15 is 52.7 Å². The Morgan fingerprint density at radius 2 is 0.667 bits per heavy atom. The maximum absolute atomic E-state index is 15.7. The number of benzene rings is 5. The summed E-state index contributed by atoms with van der Waals surface area (Å²) in [5.41, 5.74) is -8.38. The van der Waals surface area contributed by atoms with Crippen LogP contribution in [0.4, 0.5) is 52.7 Å². The molecule has 2 aromatic heterocycles. The first-order valence-corrected chi connectivity index (χ1v) is 14.1. The van der Waals surface area contributed by atoms with Gasteiger partial charge in [-0.25, -0.2) is 9.97 Å². The number of hydrogen-bond acceptors (Lipinski definition) is 2. The molecule has 2 aliphatic carbocycles. The number of hydrogen-bond donors (Lipinski definition) is 0. The van der Waals surface area contributed by atoms with Crippen LogP contribution in [-0.2, 0) is 23.7 Å². The van der Waals surface area contributed by atoms with Crippen molar-refractivity contribution in [2.75, 3.05) is 0 Å². The van der Waals surface area contributed by atoms with Crippen LogP contribution in [0.25, 0.3) is 65.2 Å². The van der Waals surface area contributed by atoms with Crippen LogP contribution >= 0.6 is 0 Å². The second-order valence-electron chi connectivity index (χ2n) is 12.0. The summed E-state index contributed by atoms with van der Waals surface area (Å²) in [5.74, 6) is -34.0. The van der Waals surface area contributed by atoms with Gasteiger partial charge in [0.25, 0.3) is 0 Å². The van der Waals surface area contributed by atoms with Gasteiger partial charge in [-0.1, -0.05) is 36.4 Å². The molecule has 0 aliphatic heterocycles. The predicted molar refractivity (Wildman–Crippen MR) is 153 cm³/mol. The van der Waals surface area contributed by atoms with Crippen LogP contribution in [0.1, 0.15) is 22.3 Å². The van der Waals surface area contributed by atoms with E-state index in [2.05, 4.69) is 9.97 Å². The fourth-order valence-corrected chi connectivity index (χ4v) is 7.29. The quantitative estimate of drug-likeness (QED) is 0.0908. The Balaban J connectivity index is 1.60. The van der Waals surface area contributed by atoms with Gasteiger partial charge >= 0.3 is 35.5 Å². The molecule has 5 aromatic carbocycles. The van der Waals surface area contributed by atoms with Crippen LogP contribution in [0.3, 0.4) is 0 Å². The molecule has 7 aromatic rings. The zero-order valence-corrected chi connectivity index (χ0v) is 23.4. The molecule has 48 heavy (non-hydrogen) atoms. The molecule has 0 spiro atoms. The molecule has 242 valence electrons. The van der Waals surface area contributed by atoms with Crippen LogP contribution in [0, 0.1) is 0 Å². The van der Waals surface area contributed by atoms with Crippen molar-refractivity contribution in [2.45, 2.75) is 35.5 Å². The Labute approximate surface area is 258 Å². The second-order valence-corrected chi connectivity index (χ2v) is 12.0. The van der Waals surface area contributed by atoms with Crippen molar-refractivity contribution in [3.05, 3.63) is 95.1 Å². The SMILES string of the molecule is FC1(F)c2c(c3cc4ccccc4nc3c3cc4c5c(c6cc7ccccc7nc6c4cc23)C(F)(F)C(F)(F)C5(F)F)C(F)(F)C1(F)F. The fraction of sp³-hybridized carbons (Fsp3) is 0.176. The summed E-state index contributed by atoms with van der Waals surface area (Å²) < 4.78 is 185. The number of rotatable bonds is 0. The van der Waals surface area contributed by atoms with E-state index in [1.165, 1.54) is 48.5 Å². The van der Waals surface area contributed by atoms with Gasteiger partial charge in [0.2, 0.25) is 0 Å². The number of para-hydroxylation sites is 2. The van der Waals surface area contributed by atoms with Gasteiger partial charge in [-0.15, -0.1) is 0 Å². The average molecular weight is 676 g/mol. The van der Waals surface area contributed by atoms with Crippen molar-refractivity contribution in [1.29, 1.82) is 0 Å². The molecule has 9 rings (SSSR count). The van der Waals surface area contributed by atoms with Crippen molar-refractivity contribution in [2.24, 2.45) is 0 Å². The van der Waals surface area contributed by atoms with Gasteiger partial charge in [0, 0.05) is 54.6 Å². The molecule has 2 heterocycles. The van der Waals surface area contributed by atoms with Crippen molar-refractivity contribution in [3.8, 4) is 0 Å². The third-order valence-electron chi connectivity index (χ3n) is 9.53. The molecule has 2 nitrogen and oxygen atoms in total. The smallest absolute Gasteiger partial charge is 0.247 e. The van der Waals surface area contributed by atoms with E-state index in [1.807, 2.05) is 0 Å². The van der Waals surface area contributed by atoms with Crippen molar-refractivity contribution in [1.82, 2.24) is 9.97 Å². The van der Waals surface area contributed by atoms with E-state index in [9.17, 15) is 0 Å². The third kappa shape index (κ3) is 2.98. The minimum Gasteiger partial charge on any atom is -0.247 e. The summed E-state index contributed by atoms with van der Waals surface area (Å²) in [5, 5.41) is -5.04. The lowest BCUT2D eigenvalue weighted by molar-refractivity contribution is -0.302. The Bertz CT molecular complexity index is 2460. The Kier molecular flexibility index (Phi) is 5.01. The molecule has 0 bridgehead atoms. The minimum atomic E-state index is -5.98. The Morgan fingerprint density at radius 1 is 0.354 bits per heavy atom. The highest BCUT2D eigenvalue weighted by molar-refractivity contribution is 6.21. The first-order chi connectivity index (χ1) is 22.4. The molecular weight excluding hydrogens is 664 g/mol. The number of nitrogens with zero attached hydrogens (tertiary/aromatic N) is 2. The molecule has 0 atom stereocenters. The number of aromatic nitrogens is 2. The number of halogens is 12. The fourth-order valence-electron chi connectivity index (χ4n) is 7.29. The van der Waals surface area contributed by atoms with E-state index in [1.54, 1.807) is 0 Å². The van der Waals surface area contributed by atoms with Gasteiger partial charge in [-0.2, -0.15) is 52.7 Å². The summed E-state index contributed by atoms with van der Waals surface area (Å²) in [6.45, 7) is 0. The number of pyridine rings is 2. The third-order valence-corrected chi connectivity index (χ3v) is 9.53. The van der Waals surface area contributed by atoms with E-state index < -0.39 is 101 Å². The number of fused-ring (bicyclic) bond motifs is 14. The largest absolute Gasteiger partial charge is 0.380 e. The molecule has 2 aliphatic rings. The molecule has 0 saturated carbocycles. The first kappa shape index (κ1) is 29.3. The van der Waals surface area contributed by atoms with Gasteiger partial charge < -0.3 is 0 Å². The van der Waals surface area contributed by atoms with Gasteiger partial charge in [0.1, 0.15) is 0 Å². The predicted octanol–water partition coefficient (Wildman–Crippen LogP) is 11.1. The van der Waals surface area contributed by atoms with Gasteiger partial charge in [-0.3, -0.25) is 0 Å². The van der Waals surface area contributed by atoms with Crippen LogP contribution in [0.5, 0.6) is 0 Å². The molecule has 0 N–H and O–H groups in total. The minimum absolute atomic E-state index is 0.0476. The molecule has 0 saturated heterocycles. The van der Waals surface area contributed by atoms with E-state index in [-0.39, 0.29) is 21.8 Å². The summed E-state index contributed by atoms with van der Waals surface area (Å²) in [4.78, 5) is 8.44. The van der Waals surface area contributed by atoms with Crippen molar-refractivity contribution < 1.29 is 52.7 Å². The monoisotopic (exact) mass is 676 g/mol. The van der Waals surface area contributed by atoms with Crippen LogP contribution in [-0.4, -0.2) is 21.8 Å². The first-order valence-electron chi connectivity index (χ1n) is 14.1. The van der Waals surface area contributed by atoms with Gasteiger partial charge in [0.05, 0.1) is 22.1 Å². The Hall–Kier alpha value is -4.88. The molecule has 0 fully saturated rings. The van der Waals surface area contributed by atoms with Crippen LogP contribution in [0.2, 0.25) is 0 Å². The second kappa shape index (κ2) is 8.21. The lowest BCUT2D eigenvalue weighted by Gasteiger charge is -2.23.